The highest BCUT2D eigenvalue weighted by Gasteiger charge is 2.21. The summed E-state index contributed by atoms with van der Waals surface area (Å²) < 4.78 is 8.90. The van der Waals surface area contributed by atoms with Crippen LogP contribution in [0.3, 0.4) is 0 Å². The van der Waals surface area contributed by atoms with E-state index in [1.54, 1.807) is 0 Å². The first-order chi connectivity index (χ1) is 29.9. The lowest BCUT2D eigenvalue weighted by Gasteiger charge is -2.27. The van der Waals surface area contributed by atoms with E-state index < -0.39 is 0 Å². The summed E-state index contributed by atoms with van der Waals surface area (Å²) in [6, 6.07) is 76.8. The van der Waals surface area contributed by atoms with Crippen LogP contribution in [0.25, 0.3) is 82.8 Å². The Balaban J connectivity index is 1.10. The monoisotopic (exact) mass is 784 g/mol. The molecule has 0 saturated carbocycles. The minimum atomic E-state index is 0.0425. The van der Waals surface area contributed by atoms with Gasteiger partial charge >= 0.3 is 0 Å². The number of hydrogen-bond donors (Lipinski definition) is 0. The van der Waals surface area contributed by atoms with Crippen LogP contribution in [-0.2, 0) is 5.41 Å². The molecule has 3 heteroatoms. The summed E-state index contributed by atoms with van der Waals surface area (Å²) in [5, 5.41) is 4.75. The molecule has 0 N–H and O–H groups in total. The molecule has 0 bridgehead atoms. The Kier molecular flexibility index (Phi) is 8.72. The molecule has 0 saturated heterocycles. The van der Waals surface area contributed by atoms with Gasteiger partial charge in [-0.25, -0.2) is 0 Å². The fourth-order valence-electron chi connectivity index (χ4n) is 9.07. The Morgan fingerprint density at radius 3 is 1.56 bits per heavy atom. The molecule has 0 aliphatic rings. The number of hydrogen-bond acceptors (Lipinski definition) is 2. The number of furan rings is 1. The maximum atomic E-state index is 6.47. The Bertz CT molecular complexity index is 3310. The molecule has 3 nitrogen and oxygen atoms in total. The van der Waals surface area contributed by atoms with Crippen LogP contribution in [0.1, 0.15) is 26.3 Å². The Labute approximate surface area is 356 Å². The van der Waals surface area contributed by atoms with E-state index in [9.17, 15) is 0 Å². The molecule has 61 heavy (non-hydrogen) atoms. The van der Waals surface area contributed by atoms with Crippen molar-refractivity contribution in [3.8, 4) is 39.1 Å². The van der Waals surface area contributed by atoms with E-state index in [0.29, 0.717) is 0 Å². The van der Waals surface area contributed by atoms with Crippen LogP contribution in [0.4, 0.5) is 17.1 Å². The first-order valence-corrected chi connectivity index (χ1v) is 21.1. The molecule has 11 aromatic rings. The third-order valence-corrected chi connectivity index (χ3v) is 12.2. The van der Waals surface area contributed by atoms with E-state index in [0.717, 1.165) is 61.4 Å². The second kappa shape index (κ2) is 14.6. The van der Waals surface area contributed by atoms with Crippen LogP contribution in [0.2, 0.25) is 0 Å². The van der Waals surface area contributed by atoms with Crippen LogP contribution in [0.15, 0.2) is 217 Å². The quantitative estimate of drug-likeness (QED) is 0.161. The lowest BCUT2D eigenvalue weighted by Crippen LogP contribution is -2.11. The summed E-state index contributed by atoms with van der Waals surface area (Å²) >= 11 is 0. The normalized spacial score (nSPS) is 11.9. The SMILES string of the molecule is CC(C)(C)c1ccc(-c2cc(N(c3ccc(-c4ccccc4)cc3)c3ccc(-c4cccc5c4oc4ccccc45)cc3)ccc2-n2c3ccccc3c3ccccc32)cc1. The number of aromatic nitrogens is 1. The fourth-order valence-corrected chi connectivity index (χ4v) is 9.07. The van der Waals surface area contributed by atoms with Crippen molar-refractivity contribution in [1.29, 1.82) is 0 Å². The van der Waals surface area contributed by atoms with E-state index in [-0.39, 0.29) is 5.41 Å². The van der Waals surface area contributed by atoms with Gasteiger partial charge < -0.3 is 13.9 Å². The Morgan fingerprint density at radius 1 is 0.393 bits per heavy atom. The van der Waals surface area contributed by atoms with Crippen LogP contribution < -0.4 is 4.90 Å². The zero-order valence-electron chi connectivity index (χ0n) is 34.5. The highest BCUT2D eigenvalue weighted by atomic mass is 16.3. The highest BCUT2D eigenvalue weighted by Crippen LogP contribution is 2.43. The van der Waals surface area contributed by atoms with Crippen molar-refractivity contribution in [2.45, 2.75) is 26.2 Å². The molecule has 9 aromatic carbocycles. The molecular weight excluding hydrogens is 741 g/mol. The maximum Gasteiger partial charge on any atom is 0.143 e. The van der Waals surface area contributed by atoms with Gasteiger partial charge in [0.15, 0.2) is 0 Å². The van der Waals surface area contributed by atoms with Crippen molar-refractivity contribution in [1.82, 2.24) is 4.57 Å². The van der Waals surface area contributed by atoms with Gasteiger partial charge in [0, 0.05) is 49.7 Å². The van der Waals surface area contributed by atoms with Crippen molar-refractivity contribution in [2.24, 2.45) is 0 Å². The maximum absolute atomic E-state index is 6.47. The van der Waals surface area contributed by atoms with Gasteiger partial charge in [-0.3, -0.25) is 0 Å². The molecular formula is C58H44N2O. The lowest BCUT2D eigenvalue weighted by molar-refractivity contribution is 0.590. The number of rotatable bonds is 7. The molecule has 0 aliphatic carbocycles. The summed E-state index contributed by atoms with van der Waals surface area (Å²) in [6.07, 6.45) is 0. The molecule has 11 rings (SSSR count). The van der Waals surface area contributed by atoms with Crippen LogP contribution >= 0.6 is 0 Å². The molecule has 0 aliphatic heterocycles. The molecule has 0 amide bonds. The van der Waals surface area contributed by atoms with Gasteiger partial charge in [-0.05, 0) is 93.9 Å². The number of anilines is 3. The van der Waals surface area contributed by atoms with E-state index >= 15 is 0 Å². The average Bonchev–Trinajstić information content (AvgIpc) is 3.86. The predicted molar refractivity (Wildman–Crippen MR) is 258 cm³/mol. The molecule has 2 heterocycles. The van der Waals surface area contributed by atoms with Gasteiger partial charge in [-0.15, -0.1) is 0 Å². The first kappa shape index (κ1) is 36.5. The molecule has 0 atom stereocenters. The lowest BCUT2D eigenvalue weighted by atomic mass is 9.86. The van der Waals surface area contributed by atoms with Crippen molar-refractivity contribution >= 4 is 60.8 Å². The fraction of sp³-hybridized carbons (Fsp3) is 0.0690. The van der Waals surface area contributed by atoms with Gasteiger partial charge in [0.05, 0.1) is 16.7 Å². The minimum absolute atomic E-state index is 0.0425. The molecule has 0 radical (unpaired) electrons. The number of nitrogens with zero attached hydrogens (tertiary/aromatic N) is 2. The molecule has 0 fully saturated rings. The summed E-state index contributed by atoms with van der Waals surface area (Å²) in [7, 11) is 0. The number of benzene rings is 9. The van der Waals surface area contributed by atoms with E-state index in [1.165, 1.54) is 44.1 Å². The molecule has 2 aromatic heterocycles. The smallest absolute Gasteiger partial charge is 0.143 e. The third-order valence-electron chi connectivity index (χ3n) is 12.2. The van der Waals surface area contributed by atoms with Gasteiger partial charge in [-0.1, -0.05) is 172 Å². The van der Waals surface area contributed by atoms with E-state index in [2.05, 4.69) is 230 Å². The zero-order chi connectivity index (χ0) is 41.1. The van der Waals surface area contributed by atoms with Gasteiger partial charge in [0.25, 0.3) is 0 Å². The van der Waals surface area contributed by atoms with Gasteiger partial charge in [0.1, 0.15) is 11.2 Å². The van der Waals surface area contributed by atoms with Crippen molar-refractivity contribution in [2.75, 3.05) is 4.90 Å². The van der Waals surface area contributed by atoms with Crippen LogP contribution in [-0.4, -0.2) is 4.57 Å². The van der Waals surface area contributed by atoms with Gasteiger partial charge in [-0.2, -0.15) is 0 Å². The standard InChI is InChI=1S/C58H44N2O/c1-58(2,3)43-30-24-42(25-31-43)52-38-46(36-37-55(52)60-53-21-10-7-16-48(53)49-17-8-11-22-54(49)60)59(44-32-26-40(27-33-44)39-14-5-4-6-15-39)45-34-28-41(29-35-45)47-19-13-20-51-50-18-9-12-23-56(50)61-57(47)51/h4-38H,1-3H3. The van der Waals surface area contributed by atoms with Crippen molar-refractivity contribution in [3.63, 3.8) is 0 Å². The molecule has 0 spiro atoms. The largest absolute Gasteiger partial charge is 0.455 e. The van der Waals surface area contributed by atoms with Crippen molar-refractivity contribution < 1.29 is 4.42 Å². The second-order valence-corrected chi connectivity index (χ2v) is 17.0. The third kappa shape index (κ3) is 6.38. The van der Waals surface area contributed by atoms with E-state index in [4.69, 9.17) is 4.42 Å². The summed E-state index contributed by atoms with van der Waals surface area (Å²) in [5.41, 5.74) is 16.8. The van der Waals surface area contributed by atoms with Gasteiger partial charge in [0.2, 0.25) is 0 Å². The van der Waals surface area contributed by atoms with Crippen LogP contribution in [0.5, 0.6) is 0 Å². The summed E-state index contributed by atoms with van der Waals surface area (Å²) in [4.78, 5) is 2.38. The van der Waals surface area contributed by atoms with Crippen LogP contribution in [0, 0.1) is 0 Å². The second-order valence-electron chi connectivity index (χ2n) is 17.0. The molecule has 0 unspecified atom stereocenters. The molecule has 292 valence electrons. The Morgan fingerprint density at radius 2 is 0.902 bits per heavy atom. The minimum Gasteiger partial charge on any atom is -0.455 e. The number of para-hydroxylation sites is 4. The Hall–Kier alpha value is -7.62. The summed E-state index contributed by atoms with van der Waals surface area (Å²) in [6.45, 7) is 6.82. The van der Waals surface area contributed by atoms with E-state index in [1.807, 2.05) is 12.1 Å². The summed E-state index contributed by atoms with van der Waals surface area (Å²) in [5.74, 6) is 0. The zero-order valence-corrected chi connectivity index (χ0v) is 34.5. The number of fused-ring (bicyclic) bond motifs is 6. The average molecular weight is 785 g/mol. The highest BCUT2D eigenvalue weighted by molar-refractivity contribution is 6.11. The first-order valence-electron chi connectivity index (χ1n) is 21.1. The predicted octanol–water partition coefficient (Wildman–Crippen LogP) is 16.5. The van der Waals surface area contributed by atoms with Crippen molar-refractivity contribution in [3.05, 3.63) is 218 Å². The topological polar surface area (TPSA) is 21.3 Å².